The first-order chi connectivity index (χ1) is 10.9. The van der Waals surface area contributed by atoms with E-state index < -0.39 is 23.5 Å². The van der Waals surface area contributed by atoms with Gasteiger partial charge in [-0.15, -0.1) is 0 Å². The maximum atomic E-state index is 12.4. The van der Waals surface area contributed by atoms with E-state index in [1.807, 2.05) is 6.92 Å². The van der Waals surface area contributed by atoms with Crippen LogP contribution < -0.4 is 0 Å². The predicted octanol–water partition coefficient (Wildman–Crippen LogP) is 1.63. The number of rotatable bonds is 12. The van der Waals surface area contributed by atoms with Crippen LogP contribution in [0.1, 0.15) is 46.0 Å². The summed E-state index contributed by atoms with van der Waals surface area (Å²) in [5, 5.41) is 9.58. The lowest BCUT2D eigenvalue weighted by Crippen LogP contribution is -2.42. The number of hydrogen-bond acceptors (Lipinski definition) is 7. The maximum Gasteiger partial charge on any atom is 0.323 e. The van der Waals surface area contributed by atoms with Crippen molar-refractivity contribution in [2.45, 2.75) is 52.1 Å². The van der Waals surface area contributed by atoms with Gasteiger partial charge in [0.2, 0.25) is 12.2 Å². The molecule has 128 valence electrons. The Bertz CT molecular complexity index is 468. The molecule has 1 N–H and O–H groups in total. The second-order valence-corrected chi connectivity index (χ2v) is 5.16. The van der Waals surface area contributed by atoms with Gasteiger partial charge < -0.3 is 9.84 Å². The summed E-state index contributed by atoms with van der Waals surface area (Å²) in [6, 6.07) is 0. The number of nitrogens with zero attached hydrogens (tertiary/aromatic N) is 2. The Kier molecular flexibility index (Phi) is 10.2. The van der Waals surface area contributed by atoms with E-state index in [1.54, 1.807) is 6.92 Å². The zero-order chi connectivity index (χ0) is 17.7. The molecule has 0 rings (SSSR count). The Balaban J connectivity index is 5.20. The van der Waals surface area contributed by atoms with Gasteiger partial charge in [0.15, 0.2) is 5.41 Å². The van der Waals surface area contributed by atoms with Crippen molar-refractivity contribution < 1.29 is 29.0 Å². The number of aliphatic imine (C=N–C) groups is 2. The Morgan fingerprint density at radius 3 is 1.96 bits per heavy atom. The molecule has 0 fully saturated rings. The lowest BCUT2D eigenvalue weighted by atomic mass is 9.78. The minimum atomic E-state index is -1.74. The SMILES string of the molecule is CCC(C)OC(=O)C(CCCN=C=O)(CCCN=C=O)C(=O)O. The standard InChI is InChI=1S/C15H22N2O6/c1-3-12(2)23-14(22)15(13(20)21,6-4-8-16-10-18)7-5-9-17-11-19/h12H,3-9H2,1-2H3,(H,20,21). The smallest absolute Gasteiger partial charge is 0.323 e. The average Bonchev–Trinajstić information content (AvgIpc) is 2.52. The highest BCUT2D eigenvalue weighted by Crippen LogP contribution is 2.33. The molecule has 0 aliphatic carbocycles. The summed E-state index contributed by atoms with van der Waals surface area (Å²) in [5.41, 5.74) is -1.74. The first-order valence-corrected chi connectivity index (χ1v) is 7.46. The quantitative estimate of drug-likeness (QED) is 0.191. The highest BCUT2D eigenvalue weighted by molar-refractivity contribution is 5.99. The number of carbonyl (C=O) groups excluding carboxylic acids is 3. The van der Waals surface area contributed by atoms with E-state index in [1.165, 1.54) is 12.2 Å². The second kappa shape index (κ2) is 11.3. The summed E-state index contributed by atoms with van der Waals surface area (Å²) in [6.07, 6.45) is 3.32. The fourth-order valence-electron chi connectivity index (χ4n) is 2.02. The summed E-state index contributed by atoms with van der Waals surface area (Å²) in [7, 11) is 0. The molecular weight excluding hydrogens is 304 g/mol. The summed E-state index contributed by atoms with van der Waals surface area (Å²) >= 11 is 0. The molecule has 0 amide bonds. The first-order valence-electron chi connectivity index (χ1n) is 7.46. The van der Waals surface area contributed by atoms with Crippen molar-refractivity contribution in [1.29, 1.82) is 0 Å². The van der Waals surface area contributed by atoms with Gasteiger partial charge in [0.1, 0.15) is 0 Å². The number of carbonyl (C=O) groups is 2. The molecule has 0 aliphatic rings. The fourth-order valence-corrected chi connectivity index (χ4v) is 2.02. The van der Waals surface area contributed by atoms with Crippen LogP contribution in [0.4, 0.5) is 0 Å². The molecule has 0 bridgehead atoms. The molecule has 0 saturated carbocycles. The van der Waals surface area contributed by atoms with Crippen LogP contribution in [0, 0.1) is 5.41 Å². The molecule has 0 saturated heterocycles. The van der Waals surface area contributed by atoms with Crippen LogP contribution in [-0.2, 0) is 23.9 Å². The minimum Gasteiger partial charge on any atom is -0.480 e. The lowest BCUT2D eigenvalue weighted by Gasteiger charge is -2.28. The lowest BCUT2D eigenvalue weighted by molar-refractivity contribution is -0.173. The molecule has 0 spiro atoms. The van der Waals surface area contributed by atoms with Gasteiger partial charge in [-0.1, -0.05) is 6.92 Å². The van der Waals surface area contributed by atoms with Crippen LogP contribution in [0.15, 0.2) is 9.98 Å². The normalized spacial score (nSPS) is 13.8. The topological polar surface area (TPSA) is 122 Å². The number of carboxylic acids is 1. The number of esters is 1. The number of aliphatic carboxylic acids is 1. The van der Waals surface area contributed by atoms with Crippen molar-refractivity contribution in [1.82, 2.24) is 0 Å². The van der Waals surface area contributed by atoms with Gasteiger partial charge in [-0.05, 0) is 39.0 Å². The van der Waals surface area contributed by atoms with E-state index in [4.69, 9.17) is 4.74 Å². The number of ether oxygens (including phenoxy) is 1. The van der Waals surface area contributed by atoms with Gasteiger partial charge >= 0.3 is 11.9 Å². The second-order valence-electron chi connectivity index (χ2n) is 5.16. The average molecular weight is 326 g/mol. The fraction of sp³-hybridized carbons (Fsp3) is 0.733. The van der Waals surface area contributed by atoms with Crippen molar-refractivity contribution in [3.63, 3.8) is 0 Å². The molecule has 0 aromatic rings. The number of carboxylic acid groups (broad SMARTS) is 1. The molecule has 8 heteroatoms. The van der Waals surface area contributed by atoms with Crippen molar-refractivity contribution >= 4 is 24.1 Å². The third-order valence-corrected chi connectivity index (χ3v) is 3.56. The van der Waals surface area contributed by atoms with Crippen LogP contribution in [0.25, 0.3) is 0 Å². The van der Waals surface area contributed by atoms with Crippen LogP contribution in [-0.4, -0.2) is 48.4 Å². The third kappa shape index (κ3) is 7.00. The zero-order valence-electron chi connectivity index (χ0n) is 13.4. The highest BCUT2D eigenvalue weighted by atomic mass is 16.5. The molecule has 0 radical (unpaired) electrons. The van der Waals surface area contributed by atoms with E-state index in [9.17, 15) is 24.3 Å². The van der Waals surface area contributed by atoms with Gasteiger partial charge in [0.25, 0.3) is 0 Å². The van der Waals surface area contributed by atoms with Crippen LogP contribution in [0.5, 0.6) is 0 Å². The number of isocyanates is 2. The summed E-state index contributed by atoms with van der Waals surface area (Å²) in [4.78, 5) is 51.0. The molecule has 1 unspecified atom stereocenters. The monoisotopic (exact) mass is 326 g/mol. The van der Waals surface area contributed by atoms with Crippen molar-refractivity contribution in [2.75, 3.05) is 13.1 Å². The Morgan fingerprint density at radius 2 is 1.61 bits per heavy atom. The Labute approximate surface area is 134 Å². The van der Waals surface area contributed by atoms with Crippen LogP contribution >= 0.6 is 0 Å². The minimum absolute atomic E-state index is 0.0203. The Hall–Kier alpha value is -2.30. The van der Waals surface area contributed by atoms with Crippen molar-refractivity contribution in [2.24, 2.45) is 15.4 Å². The van der Waals surface area contributed by atoms with Crippen LogP contribution in [0.3, 0.4) is 0 Å². The Morgan fingerprint density at radius 1 is 1.13 bits per heavy atom. The predicted molar refractivity (Wildman–Crippen MR) is 80.4 cm³/mol. The zero-order valence-corrected chi connectivity index (χ0v) is 13.4. The summed E-state index contributed by atoms with van der Waals surface area (Å²) in [6.45, 7) is 3.67. The van der Waals surface area contributed by atoms with E-state index in [2.05, 4.69) is 9.98 Å². The molecule has 1 atom stereocenters. The maximum absolute atomic E-state index is 12.4. The molecule has 8 nitrogen and oxygen atoms in total. The van der Waals surface area contributed by atoms with E-state index in [0.717, 1.165) is 0 Å². The van der Waals surface area contributed by atoms with Crippen LogP contribution in [0.2, 0.25) is 0 Å². The summed E-state index contributed by atoms with van der Waals surface area (Å²) < 4.78 is 5.20. The molecule has 0 heterocycles. The molecule has 0 aromatic heterocycles. The van der Waals surface area contributed by atoms with Gasteiger partial charge in [-0.3, -0.25) is 9.59 Å². The van der Waals surface area contributed by atoms with E-state index in [0.29, 0.717) is 6.42 Å². The molecule has 0 aromatic carbocycles. The largest absolute Gasteiger partial charge is 0.480 e. The van der Waals surface area contributed by atoms with Crippen molar-refractivity contribution in [3.05, 3.63) is 0 Å². The van der Waals surface area contributed by atoms with Gasteiger partial charge in [0.05, 0.1) is 19.2 Å². The molecule has 0 aliphatic heterocycles. The van der Waals surface area contributed by atoms with E-state index >= 15 is 0 Å². The van der Waals surface area contributed by atoms with E-state index in [-0.39, 0.29) is 38.8 Å². The van der Waals surface area contributed by atoms with Gasteiger partial charge in [-0.25, -0.2) is 19.6 Å². The van der Waals surface area contributed by atoms with Crippen molar-refractivity contribution in [3.8, 4) is 0 Å². The number of hydrogen-bond donors (Lipinski definition) is 1. The third-order valence-electron chi connectivity index (χ3n) is 3.56. The highest BCUT2D eigenvalue weighted by Gasteiger charge is 2.47. The van der Waals surface area contributed by atoms with Gasteiger partial charge in [0, 0.05) is 0 Å². The summed E-state index contributed by atoms with van der Waals surface area (Å²) in [5.74, 6) is -2.11. The van der Waals surface area contributed by atoms with Gasteiger partial charge in [-0.2, -0.15) is 0 Å². The molecule has 23 heavy (non-hydrogen) atoms. The first kappa shape index (κ1) is 20.7. The molecular formula is C15H22N2O6.